The topological polar surface area (TPSA) is 36.7 Å². The quantitative estimate of drug-likeness (QED) is 0.769. The molecule has 1 aromatic rings. The number of hydrogen-bond acceptors (Lipinski definition) is 2. The lowest BCUT2D eigenvalue weighted by Crippen LogP contribution is -2.02. The van der Waals surface area contributed by atoms with Gasteiger partial charge in [-0.25, -0.2) is 4.98 Å². The van der Waals surface area contributed by atoms with Crippen molar-refractivity contribution in [3.8, 4) is 6.07 Å². The molecule has 4 heteroatoms. The van der Waals surface area contributed by atoms with E-state index < -0.39 is 0 Å². The Morgan fingerprint density at radius 1 is 1.53 bits per heavy atom. The molecular weight excluding hydrogens is 275 g/mol. The zero-order chi connectivity index (χ0) is 11.6. The molecule has 0 spiro atoms. The number of aromatic nitrogens is 1. The molecule has 0 bridgehead atoms. The zero-order valence-electron chi connectivity index (χ0n) is 8.93. The van der Waals surface area contributed by atoms with Crippen LogP contribution in [0.3, 0.4) is 0 Å². The van der Waals surface area contributed by atoms with Crippen LogP contribution in [0, 0.1) is 11.3 Å². The van der Waals surface area contributed by atoms with E-state index in [0.29, 0.717) is 10.7 Å². The number of pyridine rings is 1. The van der Waals surface area contributed by atoms with Gasteiger partial charge in [-0.1, -0.05) is 32.4 Å². The largest absolute Gasteiger partial charge is 0.238 e. The van der Waals surface area contributed by atoms with E-state index in [1.165, 1.54) is 0 Å². The van der Waals surface area contributed by atoms with Gasteiger partial charge in [0, 0.05) is 4.47 Å². The maximum absolute atomic E-state index is 8.99. The van der Waals surface area contributed by atoms with Gasteiger partial charge in [0.25, 0.3) is 0 Å². The molecule has 0 aliphatic rings. The second-order valence-electron chi connectivity index (χ2n) is 3.58. The van der Waals surface area contributed by atoms with Crippen LogP contribution in [0.15, 0.2) is 4.47 Å². The van der Waals surface area contributed by atoms with Crippen LogP contribution >= 0.6 is 27.5 Å². The minimum atomic E-state index is 0.287. The van der Waals surface area contributed by atoms with Crippen LogP contribution in [0.2, 0.25) is 5.15 Å². The molecule has 0 aliphatic heterocycles. The van der Waals surface area contributed by atoms with E-state index in [-0.39, 0.29) is 5.92 Å². The van der Waals surface area contributed by atoms with Crippen LogP contribution in [0.1, 0.15) is 43.5 Å². The van der Waals surface area contributed by atoms with E-state index in [4.69, 9.17) is 16.9 Å². The van der Waals surface area contributed by atoms with Gasteiger partial charge in [-0.2, -0.15) is 5.26 Å². The lowest BCUT2D eigenvalue weighted by atomic mass is 10.0. The molecule has 15 heavy (non-hydrogen) atoms. The molecule has 80 valence electrons. The molecule has 1 aromatic heterocycles. The smallest absolute Gasteiger partial charge is 0.147 e. The molecule has 0 aliphatic carbocycles. The standard InChI is InChI=1S/C11H12BrClN2/c1-4-7-8(5-14)11(13)15-10(6(2)3)9(7)12/h6H,4H2,1-3H3. The highest BCUT2D eigenvalue weighted by atomic mass is 79.9. The number of nitrogens with zero attached hydrogens (tertiary/aromatic N) is 2. The maximum atomic E-state index is 8.99. The van der Waals surface area contributed by atoms with E-state index in [2.05, 4.69) is 40.8 Å². The van der Waals surface area contributed by atoms with Crippen molar-refractivity contribution < 1.29 is 0 Å². The summed E-state index contributed by atoms with van der Waals surface area (Å²) in [4.78, 5) is 4.25. The third-order valence-corrected chi connectivity index (χ3v) is 3.39. The molecule has 0 N–H and O–H groups in total. The highest BCUT2D eigenvalue weighted by Gasteiger charge is 2.17. The molecule has 0 amide bonds. The second-order valence-corrected chi connectivity index (χ2v) is 4.73. The van der Waals surface area contributed by atoms with E-state index in [1.807, 2.05) is 6.92 Å². The van der Waals surface area contributed by atoms with Gasteiger partial charge < -0.3 is 0 Å². The van der Waals surface area contributed by atoms with E-state index in [0.717, 1.165) is 22.2 Å². The lowest BCUT2D eigenvalue weighted by Gasteiger charge is -2.13. The predicted molar refractivity (Wildman–Crippen MR) is 65.1 cm³/mol. The monoisotopic (exact) mass is 286 g/mol. The van der Waals surface area contributed by atoms with Gasteiger partial charge in [-0.05, 0) is 33.8 Å². The fourth-order valence-corrected chi connectivity index (χ4v) is 2.70. The summed E-state index contributed by atoms with van der Waals surface area (Å²) in [7, 11) is 0. The van der Waals surface area contributed by atoms with Crippen molar-refractivity contribution >= 4 is 27.5 Å². The van der Waals surface area contributed by atoms with E-state index in [9.17, 15) is 0 Å². The summed E-state index contributed by atoms with van der Waals surface area (Å²) in [6.07, 6.45) is 0.769. The Kier molecular flexibility index (Phi) is 4.12. The molecule has 0 unspecified atom stereocenters. The number of rotatable bonds is 2. The summed E-state index contributed by atoms with van der Waals surface area (Å²) in [5, 5.41) is 9.30. The lowest BCUT2D eigenvalue weighted by molar-refractivity contribution is 0.808. The van der Waals surface area contributed by atoms with Crippen molar-refractivity contribution in [3.63, 3.8) is 0 Å². The molecule has 0 atom stereocenters. The zero-order valence-corrected chi connectivity index (χ0v) is 11.3. The molecule has 1 rings (SSSR count). The summed E-state index contributed by atoms with van der Waals surface area (Å²) in [6, 6.07) is 2.10. The summed E-state index contributed by atoms with van der Waals surface area (Å²) < 4.78 is 0.918. The first-order chi connectivity index (χ1) is 7.02. The average Bonchev–Trinajstić information content (AvgIpc) is 2.19. The normalized spacial score (nSPS) is 10.5. The SMILES string of the molecule is CCc1c(Br)c(C(C)C)nc(Cl)c1C#N. The first kappa shape index (κ1) is 12.5. The van der Waals surface area contributed by atoms with Crippen LogP contribution < -0.4 is 0 Å². The van der Waals surface area contributed by atoms with Crippen molar-refractivity contribution in [3.05, 3.63) is 26.4 Å². The minimum absolute atomic E-state index is 0.287. The Labute approximate surface area is 103 Å². The van der Waals surface area contributed by atoms with E-state index >= 15 is 0 Å². The summed E-state index contributed by atoms with van der Waals surface area (Å²) in [5.74, 6) is 0.287. The highest BCUT2D eigenvalue weighted by Crippen LogP contribution is 2.32. The van der Waals surface area contributed by atoms with Crippen LogP contribution in [-0.2, 0) is 6.42 Å². The highest BCUT2D eigenvalue weighted by molar-refractivity contribution is 9.10. The van der Waals surface area contributed by atoms with Crippen molar-refractivity contribution in [1.82, 2.24) is 4.98 Å². The van der Waals surface area contributed by atoms with Gasteiger partial charge in [0.1, 0.15) is 11.2 Å². The Morgan fingerprint density at radius 3 is 2.53 bits per heavy atom. The predicted octanol–water partition coefficient (Wildman–Crippen LogP) is 4.05. The van der Waals surface area contributed by atoms with Crippen molar-refractivity contribution in [1.29, 1.82) is 5.26 Å². The van der Waals surface area contributed by atoms with Gasteiger partial charge >= 0.3 is 0 Å². The minimum Gasteiger partial charge on any atom is -0.238 e. The maximum Gasteiger partial charge on any atom is 0.147 e. The molecule has 0 saturated carbocycles. The molecule has 0 aromatic carbocycles. The Morgan fingerprint density at radius 2 is 2.13 bits per heavy atom. The van der Waals surface area contributed by atoms with Gasteiger partial charge in [0.15, 0.2) is 0 Å². The van der Waals surface area contributed by atoms with Crippen LogP contribution in [0.5, 0.6) is 0 Å². The molecular formula is C11H12BrClN2. The average molecular weight is 288 g/mol. The third kappa shape index (κ3) is 2.32. The van der Waals surface area contributed by atoms with Crippen molar-refractivity contribution in [2.45, 2.75) is 33.1 Å². The number of halogens is 2. The van der Waals surface area contributed by atoms with Crippen LogP contribution in [-0.4, -0.2) is 4.98 Å². The van der Waals surface area contributed by atoms with Crippen LogP contribution in [0.4, 0.5) is 0 Å². The molecule has 1 heterocycles. The van der Waals surface area contributed by atoms with Crippen LogP contribution in [0.25, 0.3) is 0 Å². The summed E-state index contributed by atoms with van der Waals surface area (Å²) in [5.41, 5.74) is 2.34. The van der Waals surface area contributed by atoms with E-state index in [1.54, 1.807) is 0 Å². The number of hydrogen-bond donors (Lipinski definition) is 0. The molecule has 0 saturated heterocycles. The van der Waals surface area contributed by atoms with Crippen molar-refractivity contribution in [2.24, 2.45) is 0 Å². The first-order valence-electron chi connectivity index (χ1n) is 4.80. The Hall–Kier alpha value is -0.590. The molecule has 2 nitrogen and oxygen atoms in total. The first-order valence-corrected chi connectivity index (χ1v) is 5.97. The summed E-state index contributed by atoms with van der Waals surface area (Å²) >= 11 is 9.47. The fraction of sp³-hybridized carbons (Fsp3) is 0.455. The summed E-state index contributed by atoms with van der Waals surface area (Å²) in [6.45, 7) is 6.10. The Bertz CT molecular complexity index is 422. The Balaban J connectivity index is 3.53. The number of nitriles is 1. The third-order valence-electron chi connectivity index (χ3n) is 2.23. The molecule has 0 fully saturated rings. The van der Waals surface area contributed by atoms with Gasteiger partial charge in [0.2, 0.25) is 0 Å². The van der Waals surface area contributed by atoms with Gasteiger partial charge in [-0.3, -0.25) is 0 Å². The second kappa shape index (κ2) is 4.96. The fourth-order valence-electron chi connectivity index (χ4n) is 1.43. The van der Waals surface area contributed by atoms with Crippen molar-refractivity contribution in [2.75, 3.05) is 0 Å². The van der Waals surface area contributed by atoms with Gasteiger partial charge in [0.05, 0.1) is 11.3 Å². The van der Waals surface area contributed by atoms with Gasteiger partial charge in [-0.15, -0.1) is 0 Å². The molecule has 0 radical (unpaired) electrons.